The van der Waals surface area contributed by atoms with Gasteiger partial charge >= 0.3 is 11.9 Å². The molecule has 13 heavy (non-hydrogen) atoms. The van der Waals surface area contributed by atoms with Gasteiger partial charge in [0.2, 0.25) is 0 Å². The molecule has 0 heterocycles. The van der Waals surface area contributed by atoms with Gasteiger partial charge in [-0.05, 0) is 0 Å². The Bertz CT molecular complexity index is 139. The maximum Gasteiger partial charge on any atom is 0.327 e. The van der Waals surface area contributed by atoms with Crippen molar-refractivity contribution >= 4 is 11.9 Å². The van der Waals surface area contributed by atoms with Crippen molar-refractivity contribution in [1.29, 1.82) is 0 Å². The summed E-state index contributed by atoms with van der Waals surface area (Å²) in [7, 11) is 0. The predicted molar refractivity (Wildman–Crippen MR) is 39.3 cm³/mol. The van der Waals surface area contributed by atoms with E-state index < -0.39 is 11.9 Å². The van der Waals surface area contributed by atoms with Crippen LogP contribution in [0.5, 0.6) is 0 Å². The first kappa shape index (κ1) is 29.3. The third-order valence-electron chi connectivity index (χ3n) is 0.349. The van der Waals surface area contributed by atoms with E-state index in [4.69, 9.17) is 10.2 Å². The van der Waals surface area contributed by atoms with Gasteiger partial charge in [-0.25, -0.2) is 9.59 Å². The van der Waals surface area contributed by atoms with Gasteiger partial charge in [0.15, 0.2) is 0 Å². The van der Waals surface area contributed by atoms with Gasteiger partial charge in [-0.15, -0.1) is 0 Å². The number of aliphatic carboxylic acids is 2. The molecule has 0 atom stereocenters. The topological polar surface area (TPSA) is 106 Å². The summed E-state index contributed by atoms with van der Waals surface area (Å²) in [5.41, 5.74) is 0. The van der Waals surface area contributed by atoms with Gasteiger partial charge in [0.1, 0.15) is 0 Å². The van der Waals surface area contributed by atoms with E-state index in [2.05, 4.69) is 13.2 Å². The summed E-state index contributed by atoms with van der Waals surface area (Å²) in [5.74, 6) is -1.96. The first-order valence-corrected chi connectivity index (χ1v) is 2.25. The van der Waals surface area contributed by atoms with Gasteiger partial charge in [-0.3, -0.25) is 0 Å². The van der Waals surface area contributed by atoms with Crippen LogP contribution in [-0.4, -0.2) is 27.6 Å². The molecule has 0 aromatic heterocycles. The molecule has 7 heteroatoms. The Morgan fingerprint density at radius 3 is 1.00 bits per heavy atom. The van der Waals surface area contributed by atoms with Crippen molar-refractivity contribution in [2.24, 2.45) is 0 Å². The minimum Gasteiger partial charge on any atom is -0.478 e. The molecule has 0 fully saturated rings. The van der Waals surface area contributed by atoms with Gasteiger partial charge in [0, 0.05) is 51.1 Å². The molecular formula is C6H10O5Zn2. The SMILES string of the molecule is C=CC(=O)O.C=CC(=O)O.O.[Zn].[Zn]. The second-order valence-electron chi connectivity index (χ2n) is 1.08. The van der Waals surface area contributed by atoms with Crippen LogP contribution in [0.25, 0.3) is 0 Å². The number of carboxylic acid groups (broad SMARTS) is 2. The van der Waals surface area contributed by atoms with Crippen molar-refractivity contribution in [3.8, 4) is 0 Å². The fraction of sp³-hybridized carbons (Fsp3) is 0. The number of rotatable bonds is 2. The van der Waals surface area contributed by atoms with Gasteiger partial charge in [0.05, 0.1) is 0 Å². The molecule has 0 amide bonds. The van der Waals surface area contributed by atoms with Gasteiger partial charge in [-0.2, -0.15) is 0 Å². The van der Waals surface area contributed by atoms with Crippen LogP contribution in [0, 0.1) is 0 Å². The number of carboxylic acids is 2. The van der Waals surface area contributed by atoms with Crippen molar-refractivity contribution in [3.63, 3.8) is 0 Å². The fourth-order valence-electron chi connectivity index (χ4n) is 0. The third kappa shape index (κ3) is 81.9. The Morgan fingerprint density at radius 2 is 1.00 bits per heavy atom. The summed E-state index contributed by atoms with van der Waals surface area (Å²) >= 11 is 0. The summed E-state index contributed by atoms with van der Waals surface area (Å²) in [6.45, 7) is 5.92. The minimum absolute atomic E-state index is 0. The van der Waals surface area contributed by atoms with Crippen LogP contribution in [0.15, 0.2) is 25.3 Å². The molecule has 0 rings (SSSR count). The number of hydrogen-bond donors (Lipinski definition) is 2. The van der Waals surface area contributed by atoms with E-state index in [1.165, 1.54) is 0 Å². The summed E-state index contributed by atoms with van der Waals surface area (Å²) in [6.07, 6.45) is 1.67. The minimum atomic E-state index is -0.981. The van der Waals surface area contributed by atoms with E-state index in [1.807, 2.05) is 0 Å². The molecule has 0 bridgehead atoms. The Balaban J connectivity index is -0.0000000267. The van der Waals surface area contributed by atoms with Gasteiger partial charge in [0.25, 0.3) is 0 Å². The first-order valence-electron chi connectivity index (χ1n) is 2.25. The van der Waals surface area contributed by atoms with Crippen molar-refractivity contribution in [2.75, 3.05) is 0 Å². The summed E-state index contributed by atoms with van der Waals surface area (Å²) in [6, 6.07) is 0. The molecule has 5 nitrogen and oxygen atoms in total. The molecule has 0 aliphatic rings. The van der Waals surface area contributed by atoms with Crippen molar-refractivity contribution in [1.82, 2.24) is 0 Å². The Kier molecular flexibility index (Phi) is 51.0. The van der Waals surface area contributed by atoms with E-state index in [9.17, 15) is 9.59 Å². The van der Waals surface area contributed by atoms with Crippen LogP contribution in [0.4, 0.5) is 0 Å². The van der Waals surface area contributed by atoms with Gasteiger partial charge in [-0.1, -0.05) is 13.2 Å². The Labute approximate surface area is 101 Å². The van der Waals surface area contributed by atoms with E-state index in [0.29, 0.717) is 0 Å². The second-order valence-corrected chi connectivity index (χ2v) is 1.08. The van der Waals surface area contributed by atoms with Crippen LogP contribution in [0.3, 0.4) is 0 Å². The summed E-state index contributed by atoms with van der Waals surface area (Å²) < 4.78 is 0. The normalized spacial score (nSPS) is 4.92. The van der Waals surface area contributed by atoms with Crippen LogP contribution < -0.4 is 0 Å². The monoisotopic (exact) mass is 290 g/mol. The molecule has 0 unspecified atom stereocenters. The molecule has 0 aliphatic heterocycles. The summed E-state index contributed by atoms with van der Waals surface area (Å²) in [5, 5.41) is 15.2. The number of hydrogen-bond acceptors (Lipinski definition) is 2. The van der Waals surface area contributed by atoms with E-state index in [0.717, 1.165) is 12.2 Å². The average molecular weight is 293 g/mol. The predicted octanol–water partition coefficient (Wildman–Crippen LogP) is -0.316. The zero-order valence-electron chi connectivity index (χ0n) is 7.19. The molecule has 0 radical (unpaired) electrons. The molecule has 0 saturated heterocycles. The molecule has 0 aromatic carbocycles. The molecule has 0 saturated carbocycles. The zero-order chi connectivity index (χ0) is 8.57. The second kappa shape index (κ2) is 22.6. The largest absolute Gasteiger partial charge is 0.478 e. The first-order chi connectivity index (χ1) is 4.54. The van der Waals surface area contributed by atoms with Crippen molar-refractivity contribution in [2.45, 2.75) is 0 Å². The number of carbonyl (C=O) groups is 2. The Morgan fingerprint density at radius 1 is 0.923 bits per heavy atom. The zero-order valence-corrected chi connectivity index (χ0v) is 13.1. The smallest absolute Gasteiger partial charge is 0.327 e. The van der Waals surface area contributed by atoms with E-state index in [-0.39, 0.29) is 44.4 Å². The molecule has 0 aliphatic carbocycles. The van der Waals surface area contributed by atoms with Crippen molar-refractivity contribution < 1.29 is 64.2 Å². The van der Waals surface area contributed by atoms with Crippen molar-refractivity contribution in [3.05, 3.63) is 25.3 Å². The van der Waals surface area contributed by atoms with Crippen LogP contribution in [0.2, 0.25) is 0 Å². The van der Waals surface area contributed by atoms with E-state index in [1.54, 1.807) is 0 Å². The maximum absolute atomic E-state index is 9.25. The van der Waals surface area contributed by atoms with Crippen LogP contribution in [0.1, 0.15) is 0 Å². The van der Waals surface area contributed by atoms with E-state index >= 15 is 0 Å². The molecule has 4 N–H and O–H groups in total. The molecule has 68 valence electrons. The third-order valence-corrected chi connectivity index (χ3v) is 0.349. The molecule has 0 aromatic rings. The molecule has 0 spiro atoms. The standard InChI is InChI=1S/2C3H4O2.H2O.2Zn/c2*1-2-3(4)5;;;/h2*2H,1H2,(H,4,5);1H2;;. The Hall–Kier alpha value is -0.373. The molecular weight excluding hydrogens is 283 g/mol. The summed E-state index contributed by atoms with van der Waals surface area (Å²) in [4.78, 5) is 18.5. The average Bonchev–Trinajstić information content (AvgIpc) is 1.89. The van der Waals surface area contributed by atoms with Gasteiger partial charge < -0.3 is 15.7 Å². The fourth-order valence-corrected chi connectivity index (χ4v) is 0. The van der Waals surface area contributed by atoms with Crippen LogP contribution >= 0.6 is 0 Å². The van der Waals surface area contributed by atoms with Crippen LogP contribution in [-0.2, 0) is 48.5 Å². The maximum atomic E-state index is 9.25. The quantitative estimate of drug-likeness (QED) is 0.537.